The van der Waals surface area contributed by atoms with E-state index in [2.05, 4.69) is 19.2 Å². The lowest BCUT2D eigenvalue weighted by Gasteiger charge is -2.28. The maximum Gasteiger partial charge on any atom is 0.255 e. The van der Waals surface area contributed by atoms with E-state index in [-0.39, 0.29) is 11.8 Å². The van der Waals surface area contributed by atoms with Gasteiger partial charge in [-0.15, -0.1) is 0 Å². The zero-order valence-electron chi connectivity index (χ0n) is 13.5. The molecule has 2 amide bonds. The van der Waals surface area contributed by atoms with Crippen LogP contribution in [-0.4, -0.2) is 43.0 Å². The first-order valence-corrected chi connectivity index (χ1v) is 7.70. The summed E-state index contributed by atoms with van der Waals surface area (Å²) in [6.07, 6.45) is 0.651. The van der Waals surface area contributed by atoms with Gasteiger partial charge in [-0.05, 0) is 24.0 Å². The van der Waals surface area contributed by atoms with Crippen LogP contribution in [0.5, 0.6) is 0 Å². The van der Waals surface area contributed by atoms with Crippen molar-refractivity contribution in [3.8, 4) is 0 Å². The summed E-state index contributed by atoms with van der Waals surface area (Å²) in [6.45, 7) is 5.55. The smallest absolute Gasteiger partial charge is 0.255 e. The van der Waals surface area contributed by atoms with Crippen molar-refractivity contribution < 1.29 is 14.3 Å². The number of hydrogen-bond acceptors (Lipinski definition) is 3. The van der Waals surface area contributed by atoms with Crippen LogP contribution in [0.15, 0.2) is 24.3 Å². The summed E-state index contributed by atoms with van der Waals surface area (Å²) < 4.78 is 4.96. The highest BCUT2D eigenvalue weighted by Gasteiger charge is 2.36. The molecule has 0 radical (unpaired) electrons. The van der Waals surface area contributed by atoms with Crippen molar-refractivity contribution in [1.82, 2.24) is 10.2 Å². The number of hydrogen-bond donors (Lipinski definition) is 1. The van der Waals surface area contributed by atoms with E-state index in [1.165, 1.54) is 0 Å². The zero-order valence-corrected chi connectivity index (χ0v) is 13.5. The predicted octanol–water partition coefficient (Wildman–Crippen LogP) is 1.82. The SMILES string of the molecule is COCCNC(=O)[C@@H](CC(C)C)N1Cc2ccccc2C1=O. The maximum absolute atomic E-state index is 12.6. The van der Waals surface area contributed by atoms with Gasteiger partial charge in [-0.2, -0.15) is 0 Å². The fourth-order valence-electron chi connectivity index (χ4n) is 2.75. The van der Waals surface area contributed by atoms with Crippen LogP contribution in [0.4, 0.5) is 0 Å². The molecule has 22 heavy (non-hydrogen) atoms. The third-order valence-corrected chi connectivity index (χ3v) is 3.83. The van der Waals surface area contributed by atoms with Crippen LogP contribution in [0, 0.1) is 5.92 Å². The lowest BCUT2D eigenvalue weighted by molar-refractivity contribution is -0.126. The molecule has 1 aliphatic rings. The molecule has 0 bridgehead atoms. The van der Waals surface area contributed by atoms with E-state index in [0.29, 0.717) is 37.6 Å². The molecule has 2 rings (SSSR count). The summed E-state index contributed by atoms with van der Waals surface area (Å²) in [5.74, 6) is 0.171. The molecule has 0 fully saturated rings. The fraction of sp³-hybridized carbons (Fsp3) is 0.529. The lowest BCUT2D eigenvalue weighted by atomic mass is 10.0. The average Bonchev–Trinajstić information content (AvgIpc) is 2.82. The van der Waals surface area contributed by atoms with Crippen molar-refractivity contribution in [3.63, 3.8) is 0 Å². The normalized spacial score (nSPS) is 15.1. The van der Waals surface area contributed by atoms with Crippen molar-refractivity contribution in [1.29, 1.82) is 0 Å². The van der Waals surface area contributed by atoms with Crippen molar-refractivity contribution in [3.05, 3.63) is 35.4 Å². The molecule has 0 saturated heterocycles. The van der Waals surface area contributed by atoms with Crippen LogP contribution in [0.25, 0.3) is 0 Å². The monoisotopic (exact) mass is 304 g/mol. The molecule has 0 saturated carbocycles. The molecule has 120 valence electrons. The number of carbonyl (C=O) groups is 2. The Hall–Kier alpha value is -1.88. The van der Waals surface area contributed by atoms with Gasteiger partial charge in [0.25, 0.3) is 5.91 Å². The highest BCUT2D eigenvalue weighted by atomic mass is 16.5. The van der Waals surface area contributed by atoms with Gasteiger partial charge in [-0.1, -0.05) is 32.0 Å². The van der Waals surface area contributed by atoms with E-state index < -0.39 is 6.04 Å². The van der Waals surface area contributed by atoms with Crippen LogP contribution < -0.4 is 5.32 Å². The second-order valence-corrected chi connectivity index (χ2v) is 6.02. The Kier molecular flexibility index (Phi) is 5.55. The Labute approximate surface area is 131 Å². The van der Waals surface area contributed by atoms with Gasteiger partial charge < -0.3 is 15.0 Å². The molecule has 5 heteroatoms. The largest absolute Gasteiger partial charge is 0.383 e. The molecule has 1 aromatic rings. The van der Waals surface area contributed by atoms with Crippen LogP contribution in [0.1, 0.15) is 36.2 Å². The second-order valence-electron chi connectivity index (χ2n) is 6.02. The summed E-state index contributed by atoms with van der Waals surface area (Å²) in [5.41, 5.74) is 1.70. The van der Waals surface area contributed by atoms with E-state index in [0.717, 1.165) is 5.56 Å². The number of benzene rings is 1. The van der Waals surface area contributed by atoms with Gasteiger partial charge in [-0.3, -0.25) is 9.59 Å². The number of carbonyl (C=O) groups excluding carboxylic acids is 2. The minimum absolute atomic E-state index is 0.0526. The summed E-state index contributed by atoms with van der Waals surface area (Å²) in [4.78, 5) is 26.7. The lowest BCUT2D eigenvalue weighted by Crippen LogP contribution is -2.48. The number of fused-ring (bicyclic) bond motifs is 1. The average molecular weight is 304 g/mol. The zero-order chi connectivity index (χ0) is 16.1. The highest BCUT2D eigenvalue weighted by Crippen LogP contribution is 2.26. The van der Waals surface area contributed by atoms with Crippen molar-refractivity contribution >= 4 is 11.8 Å². The Bertz CT molecular complexity index is 542. The van der Waals surface area contributed by atoms with Gasteiger partial charge in [0, 0.05) is 25.8 Å². The summed E-state index contributed by atoms with van der Waals surface area (Å²) in [6, 6.07) is 7.12. The van der Waals surface area contributed by atoms with Gasteiger partial charge >= 0.3 is 0 Å². The minimum Gasteiger partial charge on any atom is -0.383 e. The molecular weight excluding hydrogens is 280 g/mol. The first kappa shape index (κ1) is 16.5. The first-order valence-electron chi connectivity index (χ1n) is 7.70. The summed E-state index contributed by atoms with van der Waals surface area (Å²) in [7, 11) is 1.60. The summed E-state index contributed by atoms with van der Waals surface area (Å²) >= 11 is 0. The fourth-order valence-corrected chi connectivity index (χ4v) is 2.75. The van der Waals surface area contributed by atoms with Crippen molar-refractivity contribution in [2.75, 3.05) is 20.3 Å². The van der Waals surface area contributed by atoms with E-state index in [1.54, 1.807) is 12.0 Å². The molecule has 5 nitrogen and oxygen atoms in total. The van der Waals surface area contributed by atoms with Crippen LogP contribution in [0.3, 0.4) is 0 Å². The molecule has 1 heterocycles. The Balaban J connectivity index is 2.13. The molecule has 0 aromatic heterocycles. The quantitative estimate of drug-likeness (QED) is 0.782. The second kappa shape index (κ2) is 7.40. The molecule has 1 atom stereocenters. The summed E-state index contributed by atoms with van der Waals surface area (Å²) in [5, 5.41) is 2.86. The van der Waals surface area contributed by atoms with Crippen molar-refractivity contribution in [2.24, 2.45) is 5.92 Å². The van der Waals surface area contributed by atoms with Crippen LogP contribution in [-0.2, 0) is 16.1 Å². The van der Waals surface area contributed by atoms with E-state index >= 15 is 0 Å². The topological polar surface area (TPSA) is 58.6 Å². The molecule has 0 unspecified atom stereocenters. The number of nitrogens with one attached hydrogen (secondary N) is 1. The number of rotatable bonds is 7. The predicted molar refractivity (Wildman–Crippen MR) is 84.4 cm³/mol. The molecule has 1 aliphatic heterocycles. The molecule has 1 N–H and O–H groups in total. The number of ether oxygens (including phenoxy) is 1. The Morgan fingerprint density at radius 2 is 2.09 bits per heavy atom. The first-order chi connectivity index (χ1) is 10.5. The number of methoxy groups -OCH3 is 1. The molecule has 0 spiro atoms. The number of nitrogens with zero attached hydrogens (tertiary/aromatic N) is 1. The number of amides is 2. The van der Waals surface area contributed by atoms with E-state index in [1.807, 2.05) is 24.3 Å². The molecule has 0 aliphatic carbocycles. The van der Waals surface area contributed by atoms with Gasteiger partial charge in [0.1, 0.15) is 6.04 Å². The van der Waals surface area contributed by atoms with E-state index in [9.17, 15) is 9.59 Å². The maximum atomic E-state index is 12.6. The standard InChI is InChI=1S/C17H24N2O3/c1-12(2)10-15(16(20)18-8-9-22-3)19-11-13-6-4-5-7-14(13)17(19)21/h4-7,12,15H,8-11H2,1-3H3,(H,18,20)/t15-/m1/s1. The minimum atomic E-state index is -0.434. The van der Waals surface area contributed by atoms with Crippen LogP contribution in [0.2, 0.25) is 0 Å². The molecule has 1 aromatic carbocycles. The highest BCUT2D eigenvalue weighted by molar-refractivity contribution is 6.01. The van der Waals surface area contributed by atoms with Gasteiger partial charge in [-0.25, -0.2) is 0 Å². The van der Waals surface area contributed by atoms with Gasteiger partial charge in [0.2, 0.25) is 5.91 Å². The molecular formula is C17H24N2O3. The Morgan fingerprint density at radius 1 is 1.36 bits per heavy atom. The Morgan fingerprint density at radius 3 is 2.73 bits per heavy atom. The van der Waals surface area contributed by atoms with Gasteiger partial charge in [0.05, 0.1) is 6.61 Å². The third-order valence-electron chi connectivity index (χ3n) is 3.83. The van der Waals surface area contributed by atoms with Crippen LogP contribution >= 0.6 is 0 Å². The van der Waals surface area contributed by atoms with E-state index in [4.69, 9.17) is 4.74 Å². The van der Waals surface area contributed by atoms with Gasteiger partial charge in [0.15, 0.2) is 0 Å². The third kappa shape index (κ3) is 3.65. The van der Waals surface area contributed by atoms with Crippen molar-refractivity contribution in [2.45, 2.75) is 32.9 Å².